The number of unbranched alkanes of at least 4 members (excludes halogenated alkanes) is 1. The number of methoxy groups -OCH3 is 1. The number of hydrogen-bond donors (Lipinski definition) is 2. The van der Waals surface area contributed by atoms with E-state index in [2.05, 4.69) is 22.2 Å². The number of aromatic nitrogens is 2. The molecule has 0 aliphatic carbocycles. The zero-order valence-corrected chi connectivity index (χ0v) is 16.6. The largest absolute Gasteiger partial charge is 0.494 e. The van der Waals surface area contributed by atoms with Crippen LogP contribution < -0.4 is 10.1 Å². The van der Waals surface area contributed by atoms with E-state index in [1.54, 1.807) is 12.1 Å². The summed E-state index contributed by atoms with van der Waals surface area (Å²) in [6.45, 7) is 3.66. The van der Waals surface area contributed by atoms with Crippen molar-refractivity contribution in [2.75, 3.05) is 7.11 Å². The van der Waals surface area contributed by atoms with Crippen molar-refractivity contribution in [3.8, 4) is 5.75 Å². The number of imidazole rings is 1. The molecular formula is C21H28FN3O3. The topological polar surface area (TPSA) is 76.2 Å². The smallest absolute Gasteiger partial charge is 0.217 e. The summed E-state index contributed by atoms with van der Waals surface area (Å²) >= 11 is 0. The lowest BCUT2D eigenvalue weighted by molar-refractivity contribution is -0.122. The van der Waals surface area contributed by atoms with Crippen LogP contribution in [0.3, 0.4) is 0 Å². The van der Waals surface area contributed by atoms with E-state index in [9.17, 15) is 9.18 Å². The Kier molecular flexibility index (Phi) is 6.67. The van der Waals surface area contributed by atoms with Gasteiger partial charge < -0.3 is 19.8 Å². The van der Waals surface area contributed by atoms with Crippen molar-refractivity contribution in [1.29, 1.82) is 0 Å². The van der Waals surface area contributed by atoms with Crippen LogP contribution in [0.15, 0.2) is 24.4 Å². The molecule has 1 fully saturated rings. The summed E-state index contributed by atoms with van der Waals surface area (Å²) in [7, 11) is 1.44. The molecule has 1 aromatic carbocycles. The molecule has 0 radical (unpaired) electrons. The summed E-state index contributed by atoms with van der Waals surface area (Å²) in [5, 5.41) is 3.00. The average molecular weight is 389 g/mol. The Bertz CT molecular complexity index is 808. The molecule has 6 nitrogen and oxygen atoms in total. The third-order valence-electron chi connectivity index (χ3n) is 5.04. The van der Waals surface area contributed by atoms with Gasteiger partial charge in [0.05, 0.1) is 25.1 Å². The molecule has 0 unspecified atom stereocenters. The van der Waals surface area contributed by atoms with E-state index in [1.807, 2.05) is 6.20 Å². The zero-order chi connectivity index (χ0) is 20.1. The van der Waals surface area contributed by atoms with Gasteiger partial charge in [-0.3, -0.25) is 4.79 Å². The fourth-order valence-electron chi connectivity index (χ4n) is 3.63. The summed E-state index contributed by atoms with van der Waals surface area (Å²) < 4.78 is 25.2. The lowest BCUT2D eigenvalue weighted by atomic mass is 9.93. The van der Waals surface area contributed by atoms with E-state index in [0.717, 1.165) is 36.3 Å². The normalized spacial score (nSPS) is 22.1. The van der Waals surface area contributed by atoms with Crippen molar-refractivity contribution in [2.45, 2.75) is 64.2 Å². The monoisotopic (exact) mass is 389 g/mol. The van der Waals surface area contributed by atoms with Crippen molar-refractivity contribution in [3.05, 3.63) is 47.3 Å². The summed E-state index contributed by atoms with van der Waals surface area (Å²) in [5.41, 5.74) is 1.73. The number of aryl methyl sites for hydroxylation is 1. The second-order valence-electron chi connectivity index (χ2n) is 7.26. The van der Waals surface area contributed by atoms with Crippen molar-refractivity contribution >= 4 is 5.91 Å². The molecule has 152 valence electrons. The SMILES string of the molecule is CCCCc1ncc([C@@H]2C[C@H](NC(C)=O)C[C@H](c3ccc(F)c(OC)c3)O2)[nH]1. The minimum absolute atomic E-state index is 0.0420. The molecule has 0 spiro atoms. The molecule has 0 saturated carbocycles. The van der Waals surface area contributed by atoms with Crippen LogP contribution in [-0.4, -0.2) is 29.0 Å². The molecule has 0 bridgehead atoms. The summed E-state index contributed by atoms with van der Waals surface area (Å²) in [4.78, 5) is 19.4. The van der Waals surface area contributed by atoms with Crippen LogP contribution >= 0.6 is 0 Å². The summed E-state index contributed by atoms with van der Waals surface area (Å²) in [6, 6.07) is 4.70. The Balaban J connectivity index is 1.82. The number of hydrogen-bond acceptors (Lipinski definition) is 4. The minimum atomic E-state index is -0.411. The standard InChI is InChI=1S/C21H28FN3O3/c1-4-5-6-21-23-12-17(25-21)20-11-15(24-13(2)26)10-18(28-20)14-7-8-16(22)19(9-14)27-3/h7-9,12,15,18,20H,4-6,10-11H2,1-3H3,(H,23,25)(H,24,26)/t15-,18-,20+/m1/s1. The number of benzene rings is 1. The Morgan fingerprint density at radius 1 is 1.39 bits per heavy atom. The third-order valence-corrected chi connectivity index (χ3v) is 5.04. The molecule has 28 heavy (non-hydrogen) atoms. The molecule has 1 aromatic heterocycles. The van der Waals surface area contributed by atoms with Gasteiger partial charge in [-0.05, 0) is 37.0 Å². The van der Waals surface area contributed by atoms with Crippen LogP contribution in [0.2, 0.25) is 0 Å². The predicted octanol–water partition coefficient (Wildman–Crippen LogP) is 4.00. The number of aromatic amines is 1. The molecule has 1 aliphatic heterocycles. The predicted molar refractivity (Wildman–Crippen MR) is 104 cm³/mol. The highest BCUT2D eigenvalue weighted by Gasteiger charge is 2.33. The molecule has 3 rings (SSSR count). The van der Waals surface area contributed by atoms with E-state index in [0.29, 0.717) is 12.8 Å². The number of carbonyl (C=O) groups excluding carboxylic acids is 1. The Morgan fingerprint density at radius 2 is 2.18 bits per heavy atom. The van der Waals surface area contributed by atoms with Gasteiger partial charge in [0.1, 0.15) is 11.9 Å². The van der Waals surface area contributed by atoms with Gasteiger partial charge in [-0.25, -0.2) is 9.37 Å². The van der Waals surface area contributed by atoms with E-state index >= 15 is 0 Å². The first kappa shape index (κ1) is 20.3. The maximum atomic E-state index is 13.8. The number of rotatable bonds is 7. The molecular weight excluding hydrogens is 361 g/mol. The summed E-state index contributed by atoms with van der Waals surface area (Å²) in [6.07, 6.45) is 5.65. The second-order valence-corrected chi connectivity index (χ2v) is 7.26. The van der Waals surface area contributed by atoms with E-state index in [4.69, 9.17) is 9.47 Å². The molecule has 1 saturated heterocycles. The highest BCUT2D eigenvalue weighted by Crippen LogP contribution is 2.39. The Labute approximate surface area is 164 Å². The van der Waals surface area contributed by atoms with Crippen molar-refractivity contribution in [1.82, 2.24) is 15.3 Å². The van der Waals surface area contributed by atoms with Gasteiger partial charge in [-0.2, -0.15) is 0 Å². The summed E-state index contributed by atoms with van der Waals surface area (Å²) in [5.74, 6) is 0.644. The molecule has 1 aliphatic rings. The fourth-order valence-corrected chi connectivity index (χ4v) is 3.63. The molecule has 3 atom stereocenters. The van der Waals surface area contributed by atoms with Crippen LogP contribution in [0.5, 0.6) is 5.75 Å². The van der Waals surface area contributed by atoms with Crippen LogP contribution in [0.25, 0.3) is 0 Å². The quantitative estimate of drug-likeness (QED) is 0.751. The van der Waals surface area contributed by atoms with Crippen LogP contribution in [0, 0.1) is 5.82 Å². The van der Waals surface area contributed by atoms with Crippen molar-refractivity contribution in [3.63, 3.8) is 0 Å². The van der Waals surface area contributed by atoms with E-state index in [1.165, 1.54) is 20.1 Å². The maximum absolute atomic E-state index is 13.8. The Morgan fingerprint density at radius 3 is 2.89 bits per heavy atom. The lowest BCUT2D eigenvalue weighted by Crippen LogP contribution is -2.39. The lowest BCUT2D eigenvalue weighted by Gasteiger charge is -2.35. The average Bonchev–Trinajstić information content (AvgIpc) is 3.15. The first-order valence-electron chi connectivity index (χ1n) is 9.80. The van der Waals surface area contributed by atoms with Gasteiger partial charge >= 0.3 is 0 Å². The number of carbonyl (C=O) groups is 1. The van der Waals surface area contributed by atoms with Crippen LogP contribution in [0.1, 0.15) is 68.8 Å². The number of nitrogens with one attached hydrogen (secondary N) is 2. The van der Waals surface area contributed by atoms with Crippen molar-refractivity contribution < 1.29 is 18.7 Å². The molecule has 2 aromatic rings. The first-order chi connectivity index (χ1) is 13.5. The molecule has 1 amide bonds. The first-order valence-corrected chi connectivity index (χ1v) is 9.80. The minimum Gasteiger partial charge on any atom is -0.494 e. The van der Waals surface area contributed by atoms with Gasteiger partial charge in [-0.1, -0.05) is 19.4 Å². The van der Waals surface area contributed by atoms with Crippen LogP contribution in [0.4, 0.5) is 4.39 Å². The molecule has 7 heteroatoms. The third kappa shape index (κ3) is 4.90. The second kappa shape index (κ2) is 9.19. The number of nitrogens with zero attached hydrogens (tertiary/aromatic N) is 1. The fraction of sp³-hybridized carbons (Fsp3) is 0.524. The Hall–Kier alpha value is -2.41. The maximum Gasteiger partial charge on any atom is 0.217 e. The van der Waals surface area contributed by atoms with Gasteiger partial charge in [-0.15, -0.1) is 0 Å². The van der Waals surface area contributed by atoms with Crippen LogP contribution in [-0.2, 0) is 16.0 Å². The number of halogens is 1. The number of amides is 1. The number of H-pyrrole nitrogens is 1. The van der Waals surface area contributed by atoms with Gasteiger partial charge in [0.25, 0.3) is 0 Å². The highest BCUT2D eigenvalue weighted by atomic mass is 19.1. The highest BCUT2D eigenvalue weighted by molar-refractivity contribution is 5.73. The van der Waals surface area contributed by atoms with Gasteiger partial charge in [0.15, 0.2) is 11.6 Å². The number of ether oxygens (including phenoxy) is 2. The van der Waals surface area contributed by atoms with E-state index in [-0.39, 0.29) is 29.9 Å². The zero-order valence-electron chi connectivity index (χ0n) is 16.6. The van der Waals surface area contributed by atoms with Crippen molar-refractivity contribution in [2.24, 2.45) is 0 Å². The van der Waals surface area contributed by atoms with E-state index < -0.39 is 5.82 Å². The molecule has 2 heterocycles. The van der Waals surface area contributed by atoms with Gasteiger partial charge in [0.2, 0.25) is 5.91 Å². The molecule has 2 N–H and O–H groups in total. The van der Waals surface area contributed by atoms with Gasteiger partial charge in [0, 0.05) is 19.4 Å².